The molecule has 0 unspecified atom stereocenters. The lowest BCUT2D eigenvalue weighted by molar-refractivity contribution is -0.123. The van der Waals surface area contributed by atoms with Crippen molar-refractivity contribution in [3.8, 4) is 17.3 Å². The van der Waals surface area contributed by atoms with Crippen LogP contribution >= 0.6 is 11.6 Å². The van der Waals surface area contributed by atoms with Crippen LogP contribution in [-0.4, -0.2) is 29.4 Å². The Morgan fingerprint density at radius 2 is 1.96 bits per heavy atom. The molecule has 2 aromatic rings. The van der Waals surface area contributed by atoms with E-state index < -0.39 is 11.9 Å². The number of nitrogens with zero attached hydrogens (tertiary/aromatic N) is 2. The van der Waals surface area contributed by atoms with Crippen molar-refractivity contribution in [2.24, 2.45) is 5.92 Å². The number of amides is 2. The van der Waals surface area contributed by atoms with E-state index in [0.29, 0.717) is 22.7 Å². The first kappa shape index (κ1) is 20.4. The number of carbonyl (C=O) groups is 2. The number of halogens is 1. The molecule has 140 valence electrons. The number of carbonyl (C=O) groups excluding carboxylic acids is 2. The zero-order valence-corrected chi connectivity index (χ0v) is 16.0. The SMILES string of the molecule is CC(C)C[C@H](NC(=O)c1ccc(-c2ccccc2Cl)nc1)C(=O)NCC#N. The van der Waals surface area contributed by atoms with Gasteiger partial charge in [-0.2, -0.15) is 5.26 Å². The van der Waals surface area contributed by atoms with E-state index in [1.165, 1.54) is 6.20 Å². The van der Waals surface area contributed by atoms with Crippen molar-refractivity contribution in [1.82, 2.24) is 15.6 Å². The van der Waals surface area contributed by atoms with Crippen LogP contribution in [0.4, 0.5) is 0 Å². The standard InChI is InChI=1S/C20H21ClN4O2/c1-13(2)11-18(20(27)23-10-9-22)25-19(26)14-7-8-17(24-12-14)15-5-3-4-6-16(15)21/h3-8,12-13,18H,10-11H2,1-2H3,(H,23,27)(H,25,26)/t18-/m0/s1. The summed E-state index contributed by atoms with van der Waals surface area (Å²) in [5.41, 5.74) is 1.77. The number of aromatic nitrogens is 1. The molecule has 2 N–H and O–H groups in total. The number of hydrogen-bond acceptors (Lipinski definition) is 4. The van der Waals surface area contributed by atoms with Gasteiger partial charge in [-0.3, -0.25) is 14.6 Å². The van der Waals surface area contributed by atoms with E-state index in [0.717, 1.165) is 5.56 Å². The third-order valence-electron chi connectivity index (χ3n) is 3.85. The molecular weight excluding hydrogens is 364 g/mol. The summed E-state index contributed by atoms with van der Waals surface area (Å²) in [5.74, 6) is -0.575. The second-order valence-corrected chi connectivity index (χ2v) is 6.85. The molecule has 1 aromatic carbocycles. The van der Waals surface area contributed by atoms with Crippen LogP contribution in [-0.2, 0) is 4.79 Å². The van der Waals surface area contributed by atoms with Gasteiger partial charge in [-0.15, -0.1) is 0 Å². The second kappa shape index (κ2) is 9.70. The van der Waals surface area contributed by atoms with Gasteiger partial charge in [0, 0.05) is 16.8 Å². The predicted octanol–water partition coefficient (Wildman–Crippen LogP) is 3.19. The van der Waals surface area contributed by atoms with E-state index in [1.54, 1.807) is 18.2 Å². The van der Waals surface area contributed by atoms with Gasteiger partial charge in [0.25, 0.3) is 5.91 Å². The minimum Gasteiger partial charge on any atom is -0.341 e. The molecule has 0 aliphatic carbocycles. The summed E-state index contributed by atoms with van der Waals surface area (Å²) in [5, 5.41) is 14.4. The Morgan fingerprint density at radius 3 is 2.56 bits per heavy atom. The molecule has 1 aromatic heterocycles. The Labute approximate surface area is 163 Å². The van der Waals surface area contributed by atoms with Gasteiger partial charge in [-0.1, -0.05) is 43.6 Å². The van der Waals surface area contributed by atoms with Crippen LogP contribution in [0.1, 0.15) is 30.6 Å². The van der Waals surface area contributed by atoms with Crippen LogP contribution < -0.4 is 10.6 Å². The smallest absolute Gasteiger partial charge is 0.253 e. The average molecular weight is 385 g/mol. The van der Waals surface area contributed by atoms with E-state index in [-0.39, 0.29) is 18.4 Å². The first-order valence-corrected chi connectivity index (χ1v) is 8.96. The first-order valence-electron chi connectivity index (χ1n) is 8.59. The molecule has 0 saturated heterocycles. The summed E-state index contributed by atoms with van der Waals surface area (Å²) in [6, 6.07) is 11.8. The minimum atomic E-state index is -0.714. The Morgan fingerprint density at radius 1 is 1.22 bits per heavy atom. The Bertz CT molecular complexity index is 844. The van der Waals surface area contributed by atoms with Crippen molar-refractivity contribution < 1.29 is 9.59 Å². The summed E-state index contributed by atoms with van der Waals surface area (Å²) in [4.78, 5) is 29.0. The highest BCUT2D eigenvalue weighted by Gasteiger charge is 2.22. The topological polar surface area (TPSA) is 94.9 Å². The fourth-order valence-corrected chi connectivity index (χ4v) is 2.78. The highest BCUT2D eigenvalue weighted by Crippen LogP contribution is 2.25. The average Bonchev–Trinajstić information content (AvgIpc) is 2.65. The second-order valence-electron chi connectivity index (χ2n) is 6.44. The molecule has 0 bridgehead atoms. The molecule has 1 atom stereocenters. The van der Waals surface area contributed by atoms with Crippen LogP contribution in [0.25, 0.3) is 11.3 Å². The normalized spacial score (nSPS) is 11.5. The third kappa shape index (κ3) is 5.80. The largest absolute Gasteiger partial charge is 0.341 e. The van der Waals surface area contributed by atoms with Gasteiger partial charge in [0.2, 0.25) is 5.91 Å². The summed E-state index contributed by atoms with van der Waals surface area (Å²) < 4.78 is 0. The van der Waals surface area contributed by atoms with E-state index >= 15 is 0 Å². The molecule has 2 amide bonds. The van der Waals surface area contributed by atoms with Gasteiger partial charge in [-0.25, -0.2) is 0 Å². The number of benzene rings is 1. The van der Waals surface area contributed by atoms with Crippen molar-refractivity contribution in [2.45, 2.75) is 26.3 Å². The summed E-state index contributed by atoms with van der Waals surface area (Å²) in [6.07, 6.45) is 1.92. The summed E-state index contributed by atoms with van der Waals surface area (Å²) in [6.45, 7) is 3.81. The first-order chi connectivity index (χ1) is 12.9. The molecule has 0 aliphatic heterocycles. The summed E-state index contributed by atoms with van der Waals surface area (Å²) in [7, 11) is 0. The van der Waals surface area contributed by atoms with Crippen molar-refractivity contribution in [3.63, 3.8) is 0 Å². The van der Waals surface area contributed by atoms with E-state index in [9.17, 15) is 9.59 Å². The van der Waals surface area contributed by atoms with Crippen LogP contribution in [0.5, 0.6) is 0 Å². The fourth-order valence-electron chi connectivity index (χ4n) is 2.55. The molecule has 27 heavy (non-hydrogen) atoms. The Kier molecular flexibility index (Phi) is 7.33. The van der Waals surface area contributed by atoms with Crippen molar-refractivity contribution in [3.05, 3.63) is 53.2 Å². The number of nitriles is 1. The Balaban J connectivity index is 2.12. The van der Waals surface area contributed by atoms with Gasteiger partial charge >= 0.3 is 0 Å². The molecule has 0 spiro atoms. The van der Waals surface area contributed by atoms with Crippen LogP contribution in [0, 0.1) is 17.2 Å². The van der Waals surface area contributed by atoms with Crippen molar-refractivity contribution in [1.29, 1.82) is 5.26 Å². The third-order valence-corrected chi connectivity index (χ3v) is 4.18. The van der Waals surface area contributed by atoms with Crippen molar-refractivity contribution >= 4 is 23.4 Å². The molecular formula is C20H21ClN4O2. The molecule has 7 heteroatoms. The highest BCUT2D eigenvalue weighted by molar-refractivity contribution is 6.33. The maximum absolute atomic E-state index is 12.5. The van der Waals surface area contributed by atoms with Gasteiger partial charge in [0.1, 0.15) is 12.6 Å². The van der Waals surface area contributed by atoms with Gasteiger partial charge in [-0.05, 0) is 30.5 Å². The molecule has 0 radical (unpaired) electrons. The van der Waals surface area contributed by atoms with Gasteiger partial charge < -0.3 is 10.6 Å². The molecule has 1 heterocycles. The van der Waals surface area contributed by atoms with Gasteiger partial charge in [0.15, 0.2) is 0 Å². The predicted molar refractivity (Wildman–Crippen MR) is 104 cm³/mol. The minimum absolute atomic E-state index is 0.0998. The molecule has 0 aliphatic rings. The number of rotatable bonds is 7. The lowest BCUT2D eigenvalue weighted by Crippen LogP contribution is -2.47. The molecule has 0 fully saturated rings. The van der Waals surface area contributed by atoms with Crippen LogP contribution in [0.3, 0.4) is 0 Å². The maximum atomic E-state index is 12.5. The lowest BCUT2D eigenvalue weighted by atomic mass is 10.0. The molecule has 0 saturated carbocycles. The monoisotopic (exact) mass is 384 g/mol. The zero-order valence-electron chi connectivity index (χ0n) is 15.2. The van der Waals surface area contributed by atoms with Crippen LogP contribution in [0.2, 0.25) is 5.02 Å². The maximum Gasteiger partial charge on any atom is 0.253 e. The summed E-state index contributed by atoms with van der Waals surface area (Å²) >= 11 is 6.17. The quantitative estimate of drug-likeness (QED) is 0.716. The molecule has 2 rings (SSSR count). The lowest BCUT2D eigenvalue weighted by Gasteiger charge is -2.19. The zero-order chi connectivity index (χ0) is 19.8. The van der Waals surface area contributed by atoms with Gasteiger partial charge in [0.05, 0.1) is 17.3 Å². The molecule has 6 nitrogen and oxygen atoms in total. The highest BCUT2D eigenvalue weighted by atomic mass is 35.5. The van der Waals surface area contributed by atoms with Crippen LogP contribution in [0.15, 0.2) is 42.6 Å². The number of nitrogens with one attached hydrogen (secondary N) is 2. The number of hydrogen-bond donors (Lipinski definition) is 2. The number of pyridine rings is 1. The van der Waals surface area contributed by atoms with E-state index in [2.05, 4.69) is 15.6 Å². The van der Waals surface area contributed by atoms with E-state index in [4.69, 9.17) is 16.9 Å². The van der Waals surface area contributed by atoms with E-state index in [1.807, 2.05) is 38.1 Å². The fraction of sp³-hybridized carbons (Fsp3) is 0.300. The Hall–Kier alpha value is -2.91. The van der Waals surface area contributed by atoms with Crippen molar-refractivity contribution in [2.75, 3.05) is 6.54 Å².